The molecule has 0 aromatic carbocycles. The Kier molecular flexibility index (Phi) is 50.4. The summed E-state index contributed by atoms with van der Waals surface area (Å²) < 4.78 is 16.8. The second kappa shape index (κ2) is 52.7. The first-order chi connectivity index (χ1) is 31.5. The molecule has 0 rings (SSSR count). The van der Waals surface area contributed by atoms with Gasteiger partial charge in [0.15, 0.2) is 6.10 Å². The third-order valence-electron chi connectivity index (χ3n) is 11.7. The largest absolute Gasteiger partial charge is 0.462 e. The predicted octanol–water partition coefficient (Wildman–Crippen LogP) is 18.0. The molecule has 0 amide bonds. The minimum absolute atomic E-state index is 0.0844. The Morgan fingerprint density at radius 2 is 0.594 bits per heavy atom. The summed E-state index contributed by atoms with van der Waals surface area (Å²) in [6, 6.07) is 0. The Morgan fingerprint density at radius 1 is 0.312 bits per heavy atom. The molecule has 1 unspecified atom stereocenters. The fraction of sp³-hybridized carbons (Fsp3) is 0.776. The van der Waals surface area contributed by atoms with Crippen molar-refractivity contribution in [3.63, 3.8) is 0 Å². The lowest BCUT2D eigenvalue weighted by molar-refractivity contribution is -0.167. The molecule has 0 spiro atoms. The quantitative estimate of drug-likeness (QED) is 0.0262. The van der Waals surface area contributed by atoms with E-state index < -0.39 is 6.10 Å². The van der Waals surface area contributed by atoms with Crippen LogP contribution in [0.4, 0.5) is 0 Å². The van der Waals surface area contributed by atoms with E-state index in [0.29, 0.717) is 19.3 Å². The van der Waals surface area contributed by atoms with Crippen LogP contribution in [0.2, 0.25) is 0 Å². The maximum absolute atomic E-state index is 12.8. The minimum Gasteiger partial charge on any atom is -0.462 e. The second-order valence-electron chi connectivity index (χ2n) is 18.1. The van der Waals surface area contributed by atoms with Gasteiger partial charge in [-0.15, -0.1) is 0 Å². The van der Waals surface area contributed by atoms with E-state index >= 15 is 0 Å². The van der Waals surface area contributed by atoms with E-state index in [1.54, 1.807) is 0 Å². The number of hydrogen-bond acceptors (Lipinski definition) is 6. The molecule has 0 fully saturated rings. The van der Waals surface area contributed by atoms with E-state index in [4.69, 9.17) is 14.2 Å². The van der Waals surface area contributed by atoms with Crippen molar-refractivity contribution in [2.45, 2.75) is 277 Å². The Balaban J connectivity index is 4.33. The predicted molar refractivity (Wildman–Crippen MR) is 275 cm³/mol. The van der Waals surface area contributed by atoms with Gasteiger partial charge in [0.1, 0.15) is 13.2 Å². The first-order valence-electron chi connectivity index (χ1n) is 27.3. The van der Waals surface area contributed by atoms with Crippen molar-refractivity contribution in [1.82, 2.24) is 0 Å². The van der Waals surface area contributed by atoms with E-state index in [-0.39, 0.29) is 31.1 Å². The van der Waals surface area contributed by atoms with Crippen LogP contribution in [0.25, 0.3) is 0 Å². The molecule has 0 aromatic heterocycles. The summed E-state index contributed by atoms with van der Waals surface area (Å²) in [7, 11) is 0. The molecule has 0 aromatic rings. The molecule has 6 heteroatoms. The number of unbranched alkanes of at least 4 members (excludes halogenated alkanes) is 28. The summed E-state index contributed by atoms with van der Waals surface area (Å²) >= 11 is 0. The van der Waals surface area contributed by atoms with Crippen LogP contribution >= 0.6 is 0 Å². The molecular formula is C58H102O6. The summed E-state index contributed by atoms with van der Waals surface area (Å²) in [6.07, 6.45) is 64.9. The van der Waals surface area contributed by atoms with Gasteiger partial charge in [-0.25, -0.2) is 0 Å². The van der Waals surface area contributed by atoms with Crippen molar-refractivity contribution in [1.29, 1.82) is 0 Å². The monoisotopic (exact) mass is 895 g/mol. The van der Waals surface area contributed by atoms with E-state index in [9.17, 15) is 14.4 Å². The summed E-state index contributed by atoms with van der Waals surface area (Å²) in [5, 5.41) is 0. The van der Waals surface area contributed by atoms with E-state index in [0.717, 1.165) is 103 Å². The molecule has 0 heterocycles. The Labute approximate surface area is 396 Å². The first kappa shape index (κ1) is 61.1. The Bertz CT molecular complexity index is 1170. The average Bonchev–Trinajstić information content (AvgIpc) is 3.29. The third kappa shape index (κ3) is 50.1. The normalized spacial score (nSPS) is 12.5. The van der Waals surface area contributed by atoms with Crippen molar-refractivity contribution in [3.05, 3.63) is 60.8 Å². The van der Waals surface area contributed by atoms with Crippen LogP contribution in [0.15, 0.2) is 60.8 Å². The zero-order chi connectivity index (χ0) is 46.5. The van der Waals surface area contributed by atoms with Crippen LogP contribution in [0.1, 0.15) is 271 Å². The zero-order valence-corrected chi connectivity index (χ0v) is 42.3. The molecule has 1 atom stereocenters. The van der Waals surface area contributed by atoms with Gasteiger partial charge in [0.2, 0.25) is 0 Å². The third-order valence-corrected chi connectivity index (χ3v) is 11.7. The number of carbonyl (C=O) groups is 3. The van der Waals surface area contributed by atoms with E-state index in [1.807, 2.05) is 0 Å². The number of esters is 3. The lowest BCUT2D eigenvalue weighted by Gasteiger charge is -2.18. The standard InChI is InChI=1S/C58H102O6/c1-4-7-10-13-16-19-22-25-26-27-28-29-30-31-32-34-36-39-42-45-48-51-57(60)63-54-55(53-62-56(59)50-47-44-41-38-35-24-21-18-15-12-9-6-3)64-58(61)52-49-46-43-40-37-33-23-20-17-14-11-8-5-2/h11,14,18,20-23,25,27-28,55H,4-10,12-13,15-17,19,24,26,29-54H2,1-3H3/b14-11-,21-18-,23-20-,25-22-,28-27-. The molecule has 0 aliphatic carbocycles. The van der Waals surface area contributed by atoms with Gasteiger partial charge >= 0.3 is 17.9 Å². The lowest BCUT2D eigenvalue weighted by atomic mass is 10.1. The van der Waals surface area contributed by atoms with Gasteiger partial charge in [-0.05, 0) is 103 Å². The van der Waals surface area contributed by atoms with Gasteiger partial charge in [0.25, 0.3) is 0 Å². The van der Waals surface area contributed by atoms with Gasteiger partial charge < -0.3 is 14.2 Å². The molecular weight excluding hydrogens is 793 g/mol. The molecule has 0 aliphatic heterocycles. The summed E-state index contributed by atoms with van der Waals surface area (Å²) in [6.45, 7) is 6.53. The molecule has 0 saturated carbocycles. The van der Waals surface area contributed by atoms with Crippen LogP contribution in [-0.2, 0) is 28.6 Å². The van der Waals surface area contributed by atoms with E-state index in [1.165, 1.54) is 128 Å². The van der Waals surface area contributed by atoms with Crippen molar-refractivity contribution in [2.24, 2.45) is 0 Å². The van der Waals surface area contributed by atoms with Gasteiger partial charge in [-0.1, -0.05) is 210 Å². The van der Waals surface area contributed by atoms with Crippen molar-refractivity contribution >= 4 is 17.9 Å². The highest BCUT2D eigenvalue weighted by Crippen LogP contribution is 2.15. The summed E-state index contributed by atoms with van der Waals surface area (Å²) in [5.41, 5.74) is 0. The lowest BCUT2D eigenvalue weighted by Crippen LogP contribution is -2.30. The van der Waals surface area contributed by atoms with Crippen LogP contribution in [-0.4, -0.2) is 37.2 Å². The fourth-order valence-corrected chi connectivity index (χ4v) is 7.56. The van der Waals surface area contributed by atoms with Gasteiger partial charge in [0, 0.05) is 19.3 Å². The summed E-state index contributed by atoms with van der Waals surface area (Å²) in [4.78, 5) is 38.0. The van der Waals surface area contributed by atoms with Gasteiger partial charge in [-0.2, -0.15) is 0 Å². The van der Waals surface area contributed by atoms with Crippen LogP contribution in [0.3, 0.4) is 0 Å². The number of rotatable bonds is 49. The van der Waals surface area contributed by atoms with Crippen LogP contribution in [0, 0.1) is 0 Å². The van der Waals surface area contributed by atoms with Crippen molar-refractivity contribution in [3.8, 4) is 0 Å². The van der Waals surface area contributed by atoms with E-state index in [2.05, 4.69) is 81.5 Å². The SMILES string of the molecule is CCC/C=C\C/C=C\CCCCCCCC(=O)OC(COC(=O)CCCCCCC/C=C\CCCCC)COC(=O)CCCCCCCCCCC/C=C\C/C=C\CCCCCCC. The summed E-state index contributed by atoms with van der Waals surface area (Å²) in [5.74, 6) is -0.907. The zero-order valence-electron chi connectivity index (χ0n) is 42.3. The number of allylic oxidation sites excluding steroid dienone is 10. The number of carbonyl (C=O) groups excluding carboxylic acids is 3. The van der Waals surface area contributed by atoms with Crippen LogP contribution in [0.5, 0.6) is 0 Å². The van der Waals surface area contributed by atoms with Gasteiger partial charge in [-0.3, -0.25) is 14.4 Å². The highest BCUT2D eigenvalue weighted by Gasteiger charge is 2.19. The van der Waals surface area contributed by atoms with Crippen molar-refractivity contribution in [2.75, 3.05) is 13.2 Å². The highest BCUT2D eigenvalue weighted by molar-refractivity contribution is 5.71. The number of ether oxygens (including phenoxy) is 3. The molecule has 370 valence electrons. The van der Waals surface area contributed by atoms with Gasteiger partial charge in [0.05, 0.1) is 0 Å². The molecule has 0 bridgehead atoms. The maximum Gasteiger partial charge on any atom is 0.306 e. The minimum atomic E-state index is -0.785. The molecule has 0 N–H and O–H groups in total. The van der Waals surface area contributed by atoms with Crippen LogP contribution < -0.4 is 0 Å². The molecule has 64 heavy (non-hydrogen) atoms. The molecule has 6 nitrogen and oxygen atoms in total. The Morgan fingerprint density at radius 3 is 0.969 bits per heavy atom. The highest BCUT2D eigenvalue weighted by atomic mass is 16.6. The van der Waals surface area contributed by atoms with Crippen molar-refractivity contribution < 1.29 is 28.6 Å². The first-order valence-corrected chi connectivity index (χ1v) is 27.3. The molecule has 0 aliphatic rings. The number of hydrogen-bond donors (Lipinski definition) is 0. The molecule has 0 radical (unpaired) electrons. The maximum atomic E-state index is 12.8. The molecule has 0 saturated heterocycles. The topological polar surface area (TPSA) is 78.9 Å². The second-order valence-corrected chi connectivity index (χ2v) is 18.1. The Hall–Kier alpha value is -2.89. The fourth-order valence-electron chi connectivity index (χ4n) is 7.56. The smallest absolute Gasteiger partial charge is 0.306 e. The average molecular weight is 895 g/mol.